The molecule has 3 unspecified atom stereocenters. The zero-order chi connectivity index (χ0) is 13.2. The topological polar surface area (TPSA) is 38.9 Å². The highest BCUT2D eigenvalue weighted by Gasteiger charge is 2.31. The third kappa shape index (κ3) is 2.53. The number of nitrogens with two attached hydrogens (primary N) is 1. The number of pyridine rings is 1. The maximum Gasteiger partial charge on any atom is 0.0422 e. The van der Waals surface area contributed by atoms with Crippen LogP contribution in [0.5, 0.6) is 0 Å². The molecule has 1 aromatic heterocycles. The van der Waals surface area contributed by atoms with Gasteiger partial charge in [-0.15, -0.1) is 11.8 Å². The van der Waals surface area contributed by atoms with E-state index in [0.29, 0.717) is 11.2 Å². The summed E-state index contributed by atoms with van der Waals surface area (Å²) in [5, 5.41) is 0.437. The summed E-state index contributed by atoms with van der Waals surface area (Å²) in [5.74, 6) is 0.579. The fourth-order valence-corrected chi connectivity index (χ4v) is 4.11. The average molecular weight is 270 g/mol. The molecule has 0 fully saturated rings. The van der Waals surface area contributed by atoms with Crippen molar-refractivity contribution in [2.75, 3.05) is 0 Å². The Balaban J connectivity index is 1.86. The predicted molar refractivity (Wildman–Crippen MR) is 80.3 cm³/mol. The maximum atomic E-state index is 6.46. The Morgan fingerprint density at radius 2 is 1.79 bits per heavy atom. The van der Waals surface area contributed by atoms with Crippen molar-refractivity contribution in [3.05, 3.63) is 59.9 Å². The van der Waals surface area contributed by atoms with Gasteiger partial charge in [-0.25, -0.2) is 0 Å². The van der Waals surface area contributed by atoms with E-state index in [1.807, 2.05) is 24.2 Å². The second-order valence-electron chi connectivity index (χ2n) is 5.13. The van der Waals surface area contributed by atoms with Gasteiger partial charge in [0.2, 0.25) is 0 Å². The molecule has 1 aromatic carbocycles. The van der Waals surface area contributed by atoms with Crippen molar-refractivity contribution in [3.63, 3.8) is 0 Å². The van der Waals surface area contributed by atoms with Crippen molar-refractivity contribution in [3.8, 4) is 0 Å². The second-order valence-corrected chi connectivity index (χ2v) is 6.44. The molecule has 3 heteroatoms. The summed E-state index contributed by atoms with van der Waals surface area (Å²) in [4.78, 5) is 5.32. The number of rotatable bonds is 2. The Kier molecular flexibility index (Phi) is 3.58. The van der Waals surface area contributed by atoms with Crippen molar-refractivity contribution < 1.29 is 0 Å². The van der Waals surface area contributed by atoms with Crippen LogP contribution >= 0.6 is 11.8 Å². The third-order valence-corrected chi connectivity index (χ3v) is 5.14. The molecule has 1 aliphatic rings. The van der Waals surface area contributed by atoms with Crippen LogP contribution in [0.15, 0.2) is 53.7 Å². The number of aromatic nitrogens is 1. The second kappa shape index (κ2) is 5.35. The van der Waals surface area contributed by atoms with E-state index >= 15 is 0 Å². The van der Waals surface area contributed by atoms with Crippen LogP contribution in [0, 0.1) is 0 Å². The number of hydrogen-bond acceptors (Lipinski definition) is 3. The molecule has 0 spiro atoms. The minimum Gasteiger partial charge on any atom is -0.323 e. The Labute approximate surface area is 118 Å². The normalized spacial score (nSPS) is 25.9. The average Bonchev–Trinajstić information content (AvgIpc) is 2.46. The summed E-state index contributed by atoms with van der Waals surface area (Å²) in [5.41, 5.74) is 9.20. The molecule has 98 valence electrons. The van der Waals surface area contributed by atoms with Crippen LogP contribution in [0.4, 0.5) is 0 Å². The van der Waals surface area contributed by atoms with Gasteiger partial charge in [0, 0.05) is 28.6 Å². The lowest BCUT2D eigenvalue weighted by molar-refractivity contribution is 0.527. The van der Waals surface area contributed by atoms with E-state index in [4.69, 9.17) is 5.73 Å². The Bertz CT molecular complexity index is 556. The van der Waals surface area contributed by atoms with Gasteiger partial charge in [0.25, 0.3) is 0 Å². The maximum absolute atomic E-state index is 6.46. The van der Waals surface area contributed by atoms with Gasteiger partial charge >= 0.3 is 0 Å². The highest BCUT2D eigenvalue weighted by atomic mass is 32.2. The summed E-state index contributed by atoms with van der Waals surface area (Å²) in [6.07, 6.45) is 4.81. The summed E-state index contributed by atoms with van der Waals surface area (Å²) in [6.45, 7) is 2.30. The number of benzene rings is 1. The van der Waals surface area contributed by atoms with E-state index in [-0.39, 0.29) is 6.04 Å². The quantitative estimate of drug-likeness (QED) is 0.903. The molecule has 3 rings (SSSR count). The molecule has 0 bridgehead atoms. The first-order chi connectivity index (χ1) is 9.25. The third-order valence-electron chi connectivity index (χ3n) is 3.81. The van der Waals surface area contributed by atoms with Crippen LogP contribution in [-0.2, 0) is 0 Å². The lowest BCUT2D eigenvalue weighted by Crippen LogP contribution is -2.30. The van der Waals surface area contributed by atoms with E-state index < -0.39 is 0 Å². The van der Waals surface area contributed by atoms with Crippen molar-refractivity contribution >= 4 is 11.8 Å². The van der Waals surface area contributed by atoms with E-state index in [9.17, 15) is 0 Å². The summed E-state index contributed by atoms with van der Waals surface area (Å²) in [7, 11) is 0. The lowest BCUT2D eigenvalue weighted by atomic mass is 9.81. The largest absolute Gasteiger partial charge is 0.323 e. The molecule has 2 aromatic rings. The molecule has 2 N–H and O–H groups in total. The van der Waals surface area contributed by atoms with Gasteiger partial charge in [-0.1, -0.05) is 31.2 Å². The molecule has 19 heavy (non-hydrogen) atoms. The van der Waals surface area contributed by atoms with Crippen molar-refractivity contribution in [2.24, 2.45) is 5.73 Å². The first-order valence-electron chi connectivity index (χ1n) is 6.67. The van der Waals surface area contributed by atoms with E-state index in [2.05, 4.69) is 48.3 Å². The van der Waals surface area contributed by atoms with Crippen molar-refractivity contribution in [1.82, 2.24) is 4.98 Å². The fourth-order valence-electron chi connectivity index (χ4n) is 2.80. The molecule has 1 aliphatic carbocycles. The van der Waals surface area contributed by atoms with Gasteiger partial charge in [0.1, 0.15) is 0 Å². The summed E-state index contributed by atoms with van der Waals surface area (Å²) in [6, 6.07) is 12.8. The van der Waals surface area contributed by atoms with Crippen molar-refractivity contribution in [1.29, 1.82) is 0 Å². The van der Waals surface area contributed by atoms with Crippen LogP contribution in [0.2, 0.25) is 0 Å². The minimum atomic E-state index is 0.116. The molecule has 0 saturated carbocycles. The Morgan fingerprint density at radius 1 is 1.11 bits per heavy atom. The minimum absolute atomic E-state index is 0.116. The van der Waals surface area contributed by atoms with Crippen molar-refractivity contribution in [2.45, 2.75) is 35.4 Å². The van der Waals surface area contributed by atoms with Crippen LogP contribution in [0.3, 0.4) is 0 Å². The molecule has 2 nitrogen and oxygen atoms in total. The lowest BCUT2D eigenvalue weighted by Gasteiger charge is -2.34. The van der Waals surface area contributed by atoms with E-state index in [1.54, 1.807) is 0 Å². The standard InChI is InChI=1S/C16H18N2S/c1-11-10-15(19-12-6-8-18-9-7-12)16(17)14-5-3-2-4-13(11)14/h2-9,11,15-16H,10,17H2,1H3. The van der Waals surface area contributed by atoms with Crippen LogP contribution in [-0.4, -0.2) is 10.2 Å². The molecule has 1 heterocycles. The Hall–Kier alpha value is -1.32. The molecule has 0 aliphatic heterocycles. The molecule has 0 saturated heterocycles. The first-order valence-corrected chi connectivity index (χ1v) is 7.55. The molecule has 0 amide bonds. The van der Waals surface area contributed by atoms with Crippen LogP contribution in [0.1, 0.15) is 36.4 Å². The van der Waals surface area contributed by atoms with Crippen LogP contribution < -0.4 is 5.73 Å². The van der Waals surface area contributed by atoms with Gasteiger partial charge < -0.3 is 5.73 Å². The Morgan fingerprint density at radius 3 is 2.53 bits per heavy atom. The predicted octanol–water partition coefficient (Wildman–Crippen LogP) is 3.75. The molecular weight excluding hydrogens is 252 g/mol. The number of thioether (sulfide) groups is 1. The van der Waals surface area contributed by atoms with Gasteiger partial charge in [-0.2, -0.15) is 0 Å². The highest BCUT2D eigenvalue weighted by Crippen LogP contribution is 2.43. The van der Waals surface area contributed by atoms with Gasteiger partial charge in [0.05, 0.1) is 0 Å². The number of nitrogens with zero attached hydrogens (tertiary/aromatic N) is 1. The SMILES string of the molecule is CC1CC(Sc2ccncc2)C(N)c2ccccc21. The van der Waals surface area contributed by atoms with Gasteiger partial charge in [0.15, 0.2) is 0 Å². The molecule has 0 radical (unpaired) electrons. The van der Waals surface area contributed by atoms with Crippen LogP contribution in [0.25, 0.3) is 0 Å². The number of hydrogen-bond donors (Lipinski definition) is 1. The number of fused-ring (bicyclic) bond motifs is 1. The summed E-state index contributed by atoms with van der Waals surface area (Å²) < 4.78 is 0. The zero-order valence-electron chi connectivity index (χ0n) is 11.0. The highest BCUT2D eigenvalue weighted by molar-refractivity contribution is 8.00. The summed E-state index contributed by atoms with van der Waals surface area (Å²) >= 11 is 1.87. The van der Waals surface area contributed by atoms with Gasteiger partial charge in [-0.05, 0) is 35.6 Å². The van der Waals surface area contributed by atoms with E-state index in [0.717, 1.165) is 6.42 Å². The zero-order valence-corrected chi connectivity index (χ0v) is 11.8. The van der Waals surface area contributed by atoms with E-state index in [1.165, 1.54) is 16.0 Å². The first kappa shape index (κ1) is 12.7. The molecule has 3 atom stereocenters. The fraction of sp³-hybridized carbons (Fsp3) is 0.312. The molecular formula is C16H18N2S. The monoisotopic (exact) mass is 270 g/mol. The van der Waals surface area contributed by atoms with Gasteiger partial charge in [-0.3, -0.25) is 4.98 Å². The smallest absolute Gasteiger partial charge is 0.0422 e.